The van der Waals surface area contributed by atoms with Gasteiger partial charge in [0, 0.05) is 18.6 Å². The summed E-state index contributed by atoms with van der Waals surface area (Å²) in [4.78, 5) is 2.24. The number of likely N-dealkylation sites (N-methyl/N-ethyl adjacent to an activating group) is 1. The summed E-state index contributed by atoms with van der Waals surface area (Å²) in [6, 6.07) is 0.616. The standard InChI is InChI=1S/C13H30N2O2/c1-11(2)14-13(10-16)6-7-15(5)8-9-17-12(3)4/h11-14,16H,6-10H2,1-5H3. The molecule has 0 heterocycles. The Labute approximate surface area is 106 Å². The Bertz CT molecular complexity index is 175. The number of ether oxygens (including phenoxy) is 1. The molecule has 0 fully saturated rings. The molecule has 0 aliphatic heterocycles. The minimum atomic E-state index is 0.198. The predicted molar refractivity (Wildman–Crippen MR) is 72.3 cm³/mol. The minimum Gasteiger partial charge on any atom is -0.395 e. The van der Waals surface area contributed by atoms with Crippen molar-refractivity contribution in [2.45, 2.75) is 52.3 Å². The fourth-order valence-corrected chi connectivity index (χ4v) is 1.63. The highest BCUT2D eigenvalue weighted by atomic mass is 16.5. The maximum atomic E-state index is 9.23. The molecule has 0 amide bonds. The fraction of sp³-hybridized carbons (Fsp3) is 1.00. The van der Waals surface area contributed by atoms with E-state index in [-0.39, 0.29) is 12.6 Å². The van der Waals surface area contributed by atoms with E-state index in [0.29, 0.717) is 12.1 Å². The summed E-state index contributed by atoms with van der Waals surface area (Å²) in [5.41, 5.74) is 0. The van der Waals surface area contributed by atoms with Gasteiger partial charge in [-0.2, -0.15) is 0 Å². The summed E-state index contributed by atoms with van der Waals surface area (Å²) in [5.74, 6) is 0. The maximum absolute atomic E-state index is 9.23. The van der Waals surface area contributed by atoms with Crippen LogP contribution in [0.15, 0.2) is 0 Å². The zero-order valence-corrected chi connectivity index (χ0v) is 12.1. The Balaban J connectivity index is 3.62. The topological polar surface area (TPSA) is 44.7 Å². The van der Waals surface area contributed by atoms with E-state index in [1.807, 2.05) is 13.8 Å². The van der Waals surface area contributed by atoms with Gasteiger partial charge in [0.1, 0.15) is 0 Å². The first-order chi connectivity index (χ1) is 7.95. The third-order valence-electron chi connectivity index (χ3n) is 2.57. The summed E-state index contributed by atoms with van der Waals surface area (Å²) in [5, 5.41) is 12.6. The van der Waals surface area contributed by atoms with E-state index in [0.717, 1.165) is 26.1 Å². The molecule has 4 nitrogen and oxygen atoms in total. The molecule has 0 rings (SSSR count). The largest absolute Gasteiger partial charge is 0.395 e. The van der Waals surface area contributed by atoms with Gasteiger partial charge in [-0.15, -0.1) is 0 Å². The van der Waals surface area contributed by atoms with Crippen molar-refractivity contribution in [1.29, 1.82) is 0 Å². The minimum absolute atomic E-state index is 0.198. The Hall–Kier alpha value is -0.160. The van der Waals surface area contributed by atoms with Crippen LogP contribution >= 0.6 is 0 Å². The molecule has 0 bridgehead atoms. The lowest BCUT2D eigenvalue weighted by molar-refractivity contribution is 0.0627. The number of hydrogen-bond acceptors (Lipinski definition) is 4. The molecule has 17 heavy (non-hydrogen) atoms. The van der Waals surface area contributed by atoms with Gasteiger partial charge in [-0.3, -0.25) is 0 Å². The molecule has 104 valence electrons. The molecule has 1 atom stereocenters. The van der Waals surface area contributed by atoms with Gasteiger partial charge in [0.05, 0.1) is 19.3 Å². The molecule has 0 spiro atoms. The highest BCUT2D eigenvalue weighted by Gasteiger charge is 2.09. The number of hydrogen-bond donors (Lipinski definition) is 2. The van der Waals surface area contributed by atoms with Crippen molar-refractivity contribution in [3.05, 3.63) is 0 Å². The van der Waals surface area contributed by atoms with Gasteiger partial charge in [0.2, 0.25) is 0 Å². The van der Waals surface area contributed by atoms with Crippen molar-refractivity contribution in [2.24, 2.45) is 0 Å². The summed E-state index contributed by atoms with van der Waals surface area (Å²) in [7, 11) is 2.09. The zero-order chi connectivity index (χ0) is 13.3. The smallest absolute Gasteiger partial charge is 0.0596 e. The van der Waals surface area contributed by atoms with Gasteiger partial charge in [0.25, 0.3) is 0 Å². The lowest BCUT2D eigenvalue weighted by Crippen LogP contribution is -2.40. The van der Waals surface area contributed by atoms with Crippen LogP contribution < -0.4 is 5.32 Å². The summed E-state index contributed by atoms with van der Waals surface area (Å²) in [6.07, 6.45) is 1.27. The van der Waals surface area contributed by atoms with Crippen molar-refractivity contribution < 1.29 is 9.84 Å². The molecule has 2 N–H and O–H groups in total. The van der Waals surface area contributed by atoms with E-state index in [1.54, 1.807) is 0 Å². The molecule has 0 saturated heterocycles. The second kappa shape index (κ2) is 9.83. The molecule has 0 aliphatic rings. The lowest BCUT2D eigenvalue weighted by Gasteiger charge is -2.23. The zero-order valence-electron chi connectivity index (χ0n) is 12.1. The van der Waals surface area contributed by atoms with Gasteiger partial charge >= 0.3 is 0 Å². The first-order valence-corrected chi connectivity index (χ1v) is 6.62. The summed E-state index contributed by atoms with van der Waals surface area (Å²) < 4.78 is 5.50. The third-order valence-corrected chi connectivity index (χ3v) is 2.57. The predicted octanol–water partition coefficient (Wildman–Crippen LogP) is 1.09. The number of aliphatic hydroxyl groups excluding tert-OH is 1. The van der Waals surface area contributed by atoms with E-state index in [4.69, 9.17) is 4.74 Å². The highest BCUT2D eigenvalue weighted by Crippen LogP contribution is 1.97. The van der Waals surface area contributed by atoms with E-state index >= 15 is 0 Å². The van der Waals surface area contributed by atoms with Gasteiger partial charge in [0.15, 0.2) is 0 Å². The molecular weight excluding hydrogens is 216 g/mol. The van der Waals surface area contributed by atoms with E-state index in [2.05, 4.69) is 31.1 Å². The van der Waals surface area contributed by atoms with E-state index < -0.39 is 0 Å². The number of aliphatic hydroxyl groups is 1. The molecule has 1 unspecified atom stereocenters. The third kappa shape index (κ3) is 10.7. The van der Waals surface area contributed by atoms with Crippen LogP contribution in [0.3, 0.4) is 0 Å². The average Bonchev–Trinajstić information content (AvgIpc) is 2.23. The molecule has 0 saturated carbocycles. The molecular formula is C13H30N2O2. The second-order valence-corrected chi connectivity index (χ2v) is 5.21. The van der Waals surface area contributed by atoms with E-state index in [9.17, 15) is 5.11 Å². The van der Waals surface area contributed by atoms with Gasteiger partial charge < -0.3 is 20.1 Å². The van der Waals surface area contributed by atoms with Crippen molar-refractivity contribution in [1.82, 2.24) is 10.2 Å². The SMILES string of the molecule is CC(C)NC(CO)CCN(C)CCOC(C)C. The van der Waals surface area contributed by atoms with Crippen LogP contribution in [0.2, 0.25) is 0 Å². The molecule has 0 aliphatic carbocycles. The monoisotopic (exact) mass is 246 g/mol. The molecule has 4 heteroatoms. The Morgan fingerprint density at radius 2 is 1.82 bits per heavy atom. The quantitative estimate of drug-likeness (QED) is 0.606. The van der Waals surface area contributed by atoms with Crippen LogP contribution in [0.5, 0.6) is 0 Å². The Kier molecular flexibility index (Phi) is 9.74. The maximum Gasteiger partial charge on any atom is 0.0596 e. The number of nitrogens with zero attached hydrogens (tertiary/aromatic N) is 1. The summed E-state index contributed by atoms with van der Waals surface area (Å²) in [6.45, 7) is 11.2. The summed E-state index contributed by atoms with van der Waals surface area (Å²) >= 11 is 0. The van der Waals surface area contributed by atoms with Crippen LogP contribution in [-0.2, 0) is 4.74 Å². The lowest BCUT2D eigenvalue weighted by atomic mass is 10.2. The van der Waals surface area contributed by atoms with Crippen LogP contribution in [0.4, 0.5) is 0 Å². The number of nitrogens with one attached hydrogen (secondary N) is 1. The molecule has 0 radical (unpaired) electrons. The van der Waals surface area contributed by atoms with Crippen molar-refractivity contribution in [3.63, 3.8) is 0 Å². The first kappa shape index (κ1) is 16.8. The van der Waals surface area contributed by atoms with Gasteiger partial charge in [-0.25, -0.2) is 0 Å². The molecule has 0 aromatic rings. The van der Waals surface area contributed by atoms with Gasteiger partial charge in [-0.1, -0.05) is 13.8 Å². The molecule has 0 aromatic carbocycles. The van der Waals surface area contributed by atoms with Crippen molar-refractivity contribution in [3.8, 4) is 0 Å². The van der Waals surface area contributed by atoms with Gasteiger partial charge in [-0.05, 0) is 33.9 Å². The van der Waals surface area contributed by atoms with Crippen molar-refractivity contribution >= 4 is 0 Å². The van der Waals surface area contributed by atoms with Crippen LogP contribution in [0.1, 0.15) is 34.1 Å². The highest BCUT2D eigenvalue weighted by molar-refractivity contribution is 4.69. The Morgan fingerprint density at radius 1 is 1.18 bits per heavy atom. The molecule has 0 aromatic heterocycles. The van der Waals surface area contributed by atoms with Crippen LogP contribution in [-0.4, -0.2) is 61.5 Å². The van der Waals surface area contributed by atoms with E-state index in [1.165, 1.54) is 0 Å². The van der Waals surface area contributed by atoms with Crippen LogP contribution in [0, 0.1) is 0 Å². The van der Waals surface area contributed by atoms with Crippen LogP contribution in [0.25, 0.3) is 0 Å². The normalized spacial score (nSPS) is 13.9. The second-order valence-electron chi connectivity index (χ2n) is 5.21. The average molecular weight is 246 g/mol. The van der Waals surface area contributed by atoms with Crippen molar-refractivity contribution in [2.75, 3.05) is 33.4 Å². The first-order valence-electron chi connectivity index (χ1n) is 6.62. The fourth-order valence-electron chi connectivity index (χ4n) is 1.63. The Morgan fingerprint density at radius 3 is 2.29 bits per heavy atom. The number of rotatable bonds is 10.